The summed E-state index contributed by atoms with van der Waals surface area (Å²) in [6.45, 7) is 2.70. The predicted molar refractivity (Wildman–Crippen MR) is 77.5 cm³/mol. The molecule has 5 nitrogen and oxygen atoms in total. The molecular formula is C15H25N3O2. The zero-order valence-electron chi connectivity index (χ0n) is 12.4. The van der Waals surface area contributed by atoms with Crippen molar-refractivity contribution in [3.8, 4) is 0 Å². The first-order chi connectivity index (χ1) is 9.61. The summed E-state index contributed by atoms with van der Waals surface area (Å²) in [5, 5.41) is 17.0. The van der Waals surface area contributed by atoms with Gasteiger partial charge in [0.2, 0.25) is 0 Å². The topological polar surface area (TPSA) is 69.2 Å². The highest BCUT2D eigenvalue weighted by molar-refractivity contribution is 5.92. The molecule has 0 aliphatic heterocycles. The average Bonchev–Trinajstić information content (AvgIpc) is 2.89. The maximum Gasteiger partial charge on any atom is 0.274 e. The van der Waals surface area contributed by atoms with Gasteiger partial charge in [0.05, 0.1) is 6.10 Å². The van der Waals surface area contributed by atoms with Gasteiger partial charge in [-0.3, -0.25) is 9.89 Å². The molecule has 1 aliphatic rings. The third-order valence-electron chi connectivity index (χ3n) is 4.09. The number of aliphatic hydroxyl groups excluding tert-OH is 1. The minimum Gasteiger partial charge on any atom is -0.393 e. The van der Waals surface area contributed by atoms with Gasteiger partial charge in [0.1, 0.15) is 5.69 Å². The Labute approximate surface area is 120 Å². The zero-order valence-corrected chi connectivity index (χ0v) is 12.4. The van der Waals surface area contributed by atoms with E-state index in [1.807, 2.05) is 6.07 Å². The number of rotatable bonds is 5. The monoisotopic (exact) mass is 279 g/mol. The fourth-order valence-electron chi connectivity index (χ4n) is 2.90. The van der Waals surface area contributed by atoms with Gasteiger partial charge in [-0.15, -0.1) is 0 Å². The van der Waals surface area contributed by atoms with Gasteiger partial charge < -0.3 is 10.0 Å². The first-order valence-corrected chi connectivity index (χ1v) is 7.59. The van der Waals surface area contributed by atoms with Crippen LogP contribution < -0.4 is 0 Å². The highest BCUT2D eigenvalue weighted by Gasteiger charge is 2.26. The summed E-state index contributed by atoms with van der Waals surface area (Å²) in [6, 6.07) is 1.83. The van der Waals surface area contributed by atoms with Crippen molar-refractivity contribution >= 4 is 5.91 Å². The molecule has 2 N–H and O–H groups in total. The molecule has 2 atom stereocenters. The van der Waals surface area contributed by atoms with E-state index in [0.717, 1.165) is 44.2 Å². The lowest BCUT2D eigenvalue weighted by atomic mass is 9.86. The molecule has 5 heteroatoms. The number of nitrogens with zero attached hydrogens (tertiary/aromatic N) is 2. The second kappa shape index (κ2) is 6.88. The van der Waals surface area contributed by atoms with Gasteiger partial charge in [-0.25, -0.2) is 0 Å². The van der Waals surface area contributed by atoms with Gasteiger partial charge >= 0.3 is 0 Å². The van der Waals surface area contributed by atoms with Crippen molar-refractivity contribution in [1.82, 2.24) is 15.1 Å². The standard InChI is InChI=1S/C15H25N3O2/c1-3-6-12-9-13(17-16-12)15(20)18(2)10-11-7-4-5-8-14(11)19/h9,11,14,19H,3-8,10H2,1-2H3,(H,16,17). The Kier molecular flexibility index (Phi) is 5.17. The molecule has 2 rings (SSSR count). The number of amides is 1. The molecule has 1 aromatic heterocycles. The molecule has 0 radical (unpaired) electrons. The Morgan fingerprint density at radius 2 is 2.25 bits per heavy atom. The van der Waals surface area contributed by atoms with E-state index in [2.05, 4.69) is 17.1 Å². The van der Waals surface area contributed by atoms with E-state index in [1.54, 1.807) is 11.9 Å². The van der Waals surface area contributed by atoms with Crippen LogP contribution in [-0.4, -0.2) is 45.8 Å². The van der Waals surface area contributed by atoms with Gasteiger partial charge in [-0.2, -0.15) is 5.10 Å². The summed E-state index contributed by atoms with van der Waals surface area (Å²) in [7, 11) is 1.79. The number of carbonyl (C=O) groups excluding carboxylic acids is 1. The molecule has 2 unspecified atom stereocenters. The van der Waals surface area contributed by atoms with Crippen LogP contribution in [0.3, 0.4) is 0 Å². The summed E-state index contributed by atoms with van der Waals surface area (Å²) < 4.78 is 0. The fourth-order valence-corrected chi connectivity index (χ4v) is 2.90. The molecule has 1 fully saturated rings. The van der Waals surface area contributed by atoms with E-state index in [0.29, 0.717) is 12.2 Å². The largest absolute Gasteiger partial charge is 0.393 e. The maximum atomic E-state index is 12.3. The van der Waals surface area contributed by atoms with Crippen LogP contribution in [0.15, 0.2) is 6.07 Å². The Balaban J connectivity index is 1.93. The van der Waals surface area contributed by atoms with E-state index >= 15 is 0 Å². The highest BCUT2D eigenvalue weighted by atomic mass is 16.3. The molecule has 0 bridgehead atoms. The number of aromatic nitrogens is 2. The van der Waals surface area contributed by atoms with Crippen molar-refractivity contribution in [2.75, 3.05) is 13.6 Å². The number of carbonyl (C=O) groups is 1. The van der Waals surface area contributed by atoms with Gasteiger partial charge in [0, 0.05) is 25.2 Å². The molecule has 1 saturated carbocycles. The van der Waals surface area contributed by atoms with Crippen molar-refractivity contribution in [3.63, 3.8) is 0 Å². The molecule has 1 heterocycles. The smallest absolute Gasteiger partial charge is 0.274 e. The summed E-state index contributed by atoms with van der Waals surface area (Å²) in [4.78, 5) is 14.0. The Morgan fingerprint density at radius 1 is 1.50 bits per heavy atom. The summed E-state index contributed by atoms with van der Waals surface area (Å²) in [5.74, 6) is 0.133. The molecule has 20 heavy (non-hydrogen) atoms. The van der Waals surface area contributed by atoms with E-state index in [4.69, 9.17) is 0 Å². The van der Waals surface area contributed by atoms with Crippen LogP contribution in [0.1, 0.15) is 55.2 Å². The summed E-state index contributed by atoms with van der Waals surface area (Å²) in [6.07, 6.45) is 5.76. The molecule has 112 valence electrons. The number of H-pyrrole nitrogens is 1. The molecule has 1 aromatic rings. The van der Waals surface area contributed by atoms with Crippen LogP contribution in [0.4, 0.5) is 0 Å². The third-order valence-corrected chi connectivity index (χ3v) is 4.09. The SMILES string of the molecule is CCCc1cc(C(=O)N(C)CC2CCCCC2O)n[nH]1. The molecule has 0 saturated heterocycles. The lowest BCUT2D eigenvalue weighted by molar-refractivity contribution is 0.0448. The fraction of sp³-hybridized carbons (Fsp3) is 0.733. The molecule has 0 aromatic carbocycles. The molecule has 1 amide bonds. The first-order valence-electron chi connectivity index (χ1n) is 7.59. The lowest BCUT2D eigenvalue weighted by Crippen LogP contribution is -2.38. The van der Waals surface area contributed by atoms with Crippen molar-refractivity contribution < 1.29 is 9.90 Å². The van der Waals surface area contributed by atoms with E-state index in [-0.39, 0.29) is 17.9 Å². The number of aromatic amines is 1. The van der Waals surface area contributed by atoms with Crippen molar-refractivity contribution in [2.45, 2.75) is 51.6 Å². The van der Waals surface area contributed by atoms with Crippen LogP contribution in [0.25, 0.3) is 0 Å². The highest BCUT2D eigenvalue weighted by Crippen LogP contribution is 2.25. The van der Waals surface area contributed by atoms with Gasteiger partial charge in [0.25, 0.3) is 5.91 Å². The number of hydrogen-bond donors (Lipinski definition) is 2. The number of aliphatic hydroxyl groups is 1. The van der Waals surface area contributed by atoms with Gasteiger partial charge in [0.15, 0.2) is 0 Å². The first kappa shape index (κ1) is 15.0. The minimum atomic E-state index is -0.270. The summed E-state index contributed by atoms with van der Waals surface area (Å²) >= 11 is 0. The lowest BCUT2D eigenvalue weighted by Gasteiger charge is -2.30. The Hall–Kier alpha value is -1.36. The van der Waals surface area contributed by atoms with Crippen LogP contribution in [0.5, 0.6) is 0 Å². The van der Waals surface area contributed by atoms with Crippen molar-refractivity contribution in [3.05, 3.63) is 17.5 Å². The molecule has 1 aliphatic carbocycles. The van der Waals surface area contributed by atoms with Crippen molar-refractivity contribution in [2.24, 2.45) is 5.92 Å². The number of hydrogen-bond acceptors (Lipinski definition) is 3. The van der Waals surface area contributed by atoms with E-state index in [1.165, 1.54) is 0 Å². The number of aryl methyl sites for hydroxylation is 1. The zero-order chi connectivity index (χ0) is 14.5. The summed E-state index contributed by atoms with van der Waals surface area (Å²) in [5.41, 5.74) is 1.48. The quantitative estimate of drug-likeness (QED) is 0.866. The van der Waals surface area contributed by atoms with Crippen molar-refractivity contribution in [1.29, 1.82) is 0 Å². The third kappa shape index (κ3) is 3.60. The average molecular weight is 279 g/mol. The normalized spacial score (nSPS) is 22.8. The molecular weight excluding hydrogens is 254 g/mol. The predicted octanol–water partition coefficient (Wildman–Crippen LogP) is 1.99. The van der Waals surface area contributed by atoms with Crippen LogP contribution >= 0.6 is 0 Å². The molecule has 0 spiro atoms. The van der Waals surface area contributed by atoms with Gasteiger partial charge in [-0.05, 0) is 25.3 Å². The van der Waals surface area contributed by atoms with Crippen LogP contribution in [0, 0.1) is 5.92 Å². The Bertz CT molecular complexity index is 444. The second-order valence-corrected chi connectivity index (χ2v) is 5.83. The second-order valence-electron chi connectivity index (χ2n) is 5.83. The van der Waals surface area contributed by atoms with Crippen LogP contribution in [-0.2, 0) is 6.42 Å². The van der Waals surface area contributed by atoms with Gasteiger partial charge in [-0.1, -0.05) is 26.2 Å². The van der Waals surface area contributed by atoms with E-state index < -0.39 is 0 Å². The number of nitrogens with one attached hydrogen (secondary N) is 1. The van der Waals surface area contributed by atoms with Crippen LogP contribution in [0.2, 0.25) is 0 Å². The maximum absolute atomic E-state index is 12.3. The Morgan fingerprint density at radius 3 is 2.95 bits per heavy atom. The van der Waals surface area contributed by atoms with E-state index in [9.17, 15) is 9.90 Å². The minimum absolute atomic E-state index is 0.0682.